The van der Waals surface area contributed by atoms with Gasteiger partial charge in [-0.05, 0) is 36.1 Å². The Morgan fingerprint density at radius 3 is 2.42 bits per heavy atom. The van der Waals surface area contributed by atoms with Crippen molar-refractivity contribution in [2.45, 2.75) is 41.4 Å². The van der Waals surface area contributed by atoms with Crippen molar-refractivity contribution in [2.24, 2.45) is 0 Å². The van der Waals surface area contributed by atoms with Crippen molar-refractivity contribution in [2.75, 3.05) is 64.9 Å². The number of sulfonamides is 1. The van der Waals surface area contributed by atoms with Gasteiger partial charge in [0.15, 0.2) is 5.60 Å². The first kappa shape index (κ1) is 30.7. The Morgan fingerprint density at radius 2 is 1.82 bits per heavy atom. The van der Waals surface area contributed by atoms with Gasteiger partial charge in [-0.2, -0.15) is 17.5 Å². The lowest BCUT2D eigenvalue weighted by atomic mass is 9.95. The fourth-order valence-corrected chi connectivity index (χ4v) is 7.61. The van der Waals surface area contributed by atoms with Crippen LogP contribution >= 0.6 is 11.3 Å². The molecule has 1 aromatic carbocycles. The van der Waals surface area contributed by atoms with Crippen LogP contribution in [0.15, 0.2) is 46.0 Å². The molecule has 2 aliphatic rings. The molecule has 9 nitrogen and oxygen atoms in total. The van der Waals surface area contributed by atoms with Crippen molar-refractivity contribution in [3.8, 4) is 0 Å². The van der Waals surface area contributed by atoms with E-state index in [-0.39, 0.29) is 47.3 Å². The Bertz CT molecular complexity index is 1250. The van der Waals surface area contributed by atoms with E-state index in [1.54, 1.807) is 31.6 Å². The molecule has 0 saturated carbocycles. The molecule has 1 amide bonds. The molecule has 0 aliphatic carbocycles. The summed E-state index contributed by atoms with van der Waals surface area (Å²) in [5, 5.41) is 11.8. The number of alkyl halides is 3. The molecule has 2 unspecified atom stereocenters. The van der Waals surface area contributed by atoms with Crippen LogP contribution in [0.25, 0.3) is 0 Å². The second-order valence-corrected chi connectivity index (χ2v) is 13.6. The van der Waals surface area contributed by atoms with Gasteiger partial charge in [-0.3, -0.25) is 9.69 Å². The van der Waals surface area contributed by atoms with Crippen molar-refractivity contribution < 1.29 is 36.2 Å². The number of morpholine rings is 1. The molecule has 14 heteroatoms. The summed E-state index contributed by atoms with van der Waals surface area (Å²) >= 11 is 1.15. The van der Waals surface area contributed by atoms with Gasteiger partial charge >= 0.3 is 6.18 Å². The maximum absolute atomic E-state index is 13.4. The number of hydrogen-bond acceptors (Lipinski definition) is 8. The SMILES string of the molecule is CN(C)C(=O)CC1COCCN1C[C@H]1CN(S(=O)(=O)c2cccs2)CCN1c1ccc(C(C)(O)C(F)(F)F)cc1. The Hall–Kier alpha value is -2.23. The van der Waals surface area contributed by atoms with E-state index in [1.165, 1.54) is 33.5 Å². The van der Waals surface area contributed by atoms with Crippen molar-refractivity contribution >= 4 is 33.0 Å². The fraction of sp³-hybridized carbons (Fsp3) is 0.577. The number of thiophene rings is 1. The average Bonchev–Trinajstić information content (AvgIpc) is 3.45. The summed E-state index contributed by atoms with van der Waals surface area (Å²) in [6.45, 7) is 3.21. The zero-order valence-corrected chi connectivity index (χ0v) is 24.3. The molecule has 4 rings (SSSR count). The van der Waals surface area contributed by atoms with Crippen LogP contribution in [0.3, 0.4) is 0 Å². The first-order chi connectivity index (χ1) is 18.7. The van der Waals surface area contributed by atoms with Crippen LogP contribution in [-0.4, -0.2) is 112 Å². The molecule has 2 saturated heterocycles. The summed E-state index contributed by atoms with van der Waals surface area (Å²) in [7, 11) is -0.347. The van der Waals surface area contributed by atoms with E-state index in [1.807, 2.05) is 4.90 Å². The lowest BCUT2D eigenvalue weighted by Crippen LogP contribution is -2.60. The number of ether oxygens (including phenoxy) is 1. The first-order valence-corrected chi connectivity index (χ1v) is 15.3. The number of carbonyl (C=O) groups excluding carboxylic acids is 1. The predicted octanol–water partition coefficient (Wildman–Crippen LogP) is 2.58. The predicted molar refractivity (Wildman–Crippen MR) is 146 cm³/mol. The number of anilines is 1. The maximum Gasteiger partial charge on any atom is 0.421 e. The molecule has 0 spiro atoms. The fourth-order valence-electron chi connectivity index (χ4n) is 4.99. The van der Waals surface area contributed by atoms with Gasteiger partial charge in [-0.15, -0.1) is 11.3 Å². The zero-order valence-electron chi connectivity index (χ0n) is 22.7. The van der Waals surface area contributed by atoms with E-state index in [9.17, 15) is 31.5 Å². The molecule has 222 valence electrons. The highest BCUT2D eigenvalue weighted by Crippen LogP contribution is 2.39. The number of aliphatic hydroxyl groups is 1. The molecule has 0 bridgehead atoms. The summed E-state index contributed by atoms with van der Waals surface area (Å²) in [6, 6.07) is 8.26. The van der Waals surface area contributed by atoms with E-state index >= 15 is 0 Å². The molecule has 0 radical (unpaired) electrons. The van der Waals surface area contributed by atoms with Crippen LogP contribution < -0.4 is 4.90 Å². The highest BCUT2D eigenvalue weighted by atomic mass is 32.2. The van der Waals surface area contributed by atoms with Gasteiger partial charge in [0, 0.05) is 65.0 Å². The van der Waals surface area contributed by atoms with Gasteiger partial charge in [0.1, 0.15) is 4.21 Å². The van der Waals surface area contributed by atoms with E-state index in [0.29, 0.717) is 45.5 Å². The number of benzene rings is 1. The number of amides is 1. The molecule has 40 heavy (non-hydrogen) atoms. The van der Waals surface area contributed by atoms with Crippen molar-refractivity contribution in [3.63, 3.8) is 0 Å². The Morgan fingerprint density at radius 1 is 1.12 bits per heavy atom. The van der Waals surface area contributed by atoms with Crippen LogP contribution in [0.4, 0.5) is 18.9 Å². The van der Waals surface area contributed by atoms with Crippen LogP contribution in [-0.2, 0) is 25.2 Å². The van der Waals surface area contributed by atoms with Gasteiger partial charge in [-0.1, -0.05) is 18.2 Å². The monoisotopic (exact) mass is 604 g/mol. The minimum Gasteiger partial charge on any atom is -0.378 e. The molecule has 3 heterocycles. The van der Waals surface area contributed by atoms with Crippen LogP contribution in [0, 0.1) is 0 Å². The lowest BCUT2D eigenvalue weighted by Gasteiger charge is -2.46. The summed E-state index contributed by atoms with van der Waals surface area (Å²) in [5.74, 6) is -0.0461. The normalized spacial score (nSPS) is 23.1. The number of rotatable bonds is 8. The molecular formula is C26H35F3N4O5S2. The molecule has 1 aromatic heterocycles. The zero-order chi connectivity index (χ0) is 29.3. The van der Waals surface area contributed by atoms with Gasteiger partial charge in [0.05, 0.1) is 19.3 Å². The van der Waals surface area contributed by atoms with E-state index in [2.05, 4.69) is 4.90 Å². The largest absolute Gasteiger partial charge is 0.421 e. The molecule has 2 aromatic rings. The Labute approximate surface area is 236 Å². The minimum absolute atomic E-state index is 0.0461. The summed E-state index contributed by atoms with van der Waals surface area (Å²) in [4.78, 5) is 18.1. The van der Waals surface area contributed by atoms with Gasteiger partial charge in [0.2, 0.25) is 5.91 Å². The highest BCUT2D eigenvalue weighted by Gasteiger charge is 2.51. The van der Waals surface area contributed by atoms with Crippen molar-refractivity contribution in [1.29, 1.82) is 0 Å². The van der Waals surface area contributed by atoms with Gasteiger partial charge in [0.25, 0.3) is 10.0 Å². The quantitative estimate of drug-likeness (QED) is 0.495. The molecule has 1 N–H and O–H groups in total. The standard InChI is InChI=1S/C26H35F3N4O5S2/c1-25(35,26(27,28)29)19-6-8-20(9-7-19)33-11-10-32(40(36,37)24-5-4-14-39-24)17-22(33)16-31-12-13-38-18-21(31)15-23(34)30(2)3/h4-9,14,21-22,35H,10-13,15-18H2,1-3H3/t21?,22-,25?/m0/s1. The summed E-state index contributed by atoms with van der Waals surface area (Å²) < 4.78 is 74.2. The Balaban J connectivity index is 1.62. The molecular weight excluding hydrogens is 569 g/mol. The molecule has 3 atom stereocenters. The number of hydrogen-bond donors (Lipinski definition) is 1. The van der Waals surface area contributed by atoms with E-state index in [4.69, 9.17) is 4.74 Å². The average molecular weight is 605 g/mol. The number of nitrogens with zero attached hydrogens (tertiary/aromatic N) is 4. The first-order valence-electron chi connectivity index (χ1n) is 12.9. The third-order valence-corrected chi connectivity index (χ3v) is 10.8. The Kier molecular flexibility index (Phi) is 9.17. The second-order valence-electron chi connectivity index (χ2n) is 10.5. The van der Waals surface area contributed by atoms with E-state index in [0.717, 1.165) is 11.3 Å². The van der Waals surface area contributed by atoms with Crippen LogP contribution in [0.2, 0.25) is 0 Å². The molecule has 2 fully saturated rings. The van der Waals surface area contributed by atoms with Crippen LogP contribution in [0.1, 0.15) is 18.9 Å². The van der Waals surface area contributed by atoms with Crippen molar-refractivity contribution in [1.82, 2.24) is 14.1 Å². The summed E-state index contributed by atoms with van der Waals surface area (Å²) in [5.41, 5.74) is -2.66. The van der Waals surface area contributed by atoms with Crippen molar-refractivity contribution in [3.05, 3.63) is 47.3 Å². The maximum atomic E-state index is 13.4. The summed E-state index contributed by atoms with van der Waals surface area (Å²) in [6.07, 6.45) is -4.59. The van der Waals surface area contributed by atoms with E-state index < -0.39 is 21.8 Å². The number of piperazine rings is 1. The number of halogens is 3. The number of carbonyl (C=O) groups is 1. The minimum atomic E-state index is -4.84. The second kappa shape index (κ2) is 11.9. The third-order valence-electron chi connectivity index (χ3n) is 7.55. The highest BCUT2D eigenvalue weighted by molar-refractivity contribution is 7.91. The lowest BCUT2D eigenvalue weighted by molar-refractivity contribution is -0.258. The smallest absolute Gasteiger partial charge is 0.378 e. The molecule has 2 aliphatic heterocycles. The topological polar surface area (TPSA) is 93.6 Å². The van der Waals surface area contributed by atoms with Gasteiger partial charge in [-0.25, -0.2) is 8.42 Å². The van der Waals surface area contributed by atoms with Gasteiger partial charge < -0.3 is 19.6 Å². The third kappa shape index (κ3) is 6.47. The van der Waals surface area contributed by atoms with Crippen LogP contribution in [0.5, 0.6) is 0 Å².